The number of nitrogen functional groups attached to an aromatic ring is 1. The predicted molar refractivity (Wildman–Crippen MR) is 69.9 cm³/mol. The summed E-state index contributed by atoms with van der Waals surface area (Å²) in [7, 11) is 0. The number of hydrogen-bond donors (Lipinski definition) is 2. The third-order valence-electron chi connectivity index (χ3n) is 2.51. The van der Waals surface area contributed by atoms with Gasteiger partial charge in [0.05, 0.1) is 0 Å². The maximum absolute atomic E-state index is 10.2. The van der Waals surface area contributed by atoms with Crippen LogP contribution in [0.3, 0.4) is 0 Å². The molecular formula is C14H23NO. The Morgan fingerprint density at radius 3 is 2.06 bits per heavy atom. The molecule has 2 heteroatoms. The van der Waals surface area contributed by atoms with Gasteiger partial charge in [0, 0.05) is 20.0 Å². The number of phenolic OH excluding ortho intramolecular Hbond substituents is 1. The first kappa shape index (κ1) is 6.53. The molecule has 0 heterocycles. The lowest BCUT2D eigenvalue weighted by molar-refractivity contribution is 0.445. The Labute approximate surface area is 107 Å². The van der Waals surface area contributed by atoms with Gasteiger partial charge in [-0.2, -0.15) is 0 Å². The molecule has 0 aliphatic rings. The second kappa shape index (κ2) is 3.69. The van der Waals surface area contributed by atoms with E-state index in [2.05, 4.69) is 0 Å². The van der Waals surface area contributed by atoms with Crippen LogP contribution in [0.25, 0.3) is 0 Å². The van der Waals surface area contributed by atoms with Gasteiger partial charge < -0.3 is 10.8 Å². The normalized spacial score (nSPS) is 20.0. The second-order valence-corrected chi connectivity index (χ2v) is 5.33. The fraction of sp³-hybridized carbons (Fsp3) is 0.571. The topological polar surface area (TPSA) is 46.2 Å². The third-order valence-corrected chi connectivity index (χ3v) is 2.51. The lowest BCUT2D eigenvalue weighted by Gasteiger charge is -2.27. The van der Waals surface area contributed by atoms with E-state index in [0.29, 0.717) is 11.3 Å². The molecule has 0 saturated heterocycles. The quantitative estimate of drug-likeness (QED) is 0.666. The van der Waals surface area contributed by atoms with Crippen LogP contribution >= 0.6 is 0 Å². The lowest BCUT2D eigenvalue weighted by Crippen LogP contribution is -2.18. The van der Waals surface area contributed by atoms with Gasteiger partial charge in [-0.15, -0.1) is 0 Å². The summed E-state index contributed by atoms with van der Waals surface area (Å²) in [4.78, 5) is 0. The summed E-state index contributed by atoms with van der Waals surface area (Å²) >= 11 is 0. The molecule has 90 valence electrons. The van der Waals surface area contributed by atoms with Gasteiger partial charge in [0.25, 0.3) is 0 Å². The molecule has 0 unspecified atom stereocenters. The van der Waals surface area contributed by atoms with Crippen molar-refractivity contribution in [3.05, 3.63) is 23.3 Å². The van der Waals surface area contributed by atoms with E-state index in [1.807, 2.05) is 20.8 Å². The second-order valence-electron chi connectivity index (χ2n) is 5.33. The zero-order valence-electron chi connectivity index (χ0n) is 16.2. The molecule has 0 aromatic heterocycles. The van der Waals surface area contributed by atoms with Crippen LogP contribution in [-0.4, -0.2) is 5.11 Å². The summed E-state index contributed by atoms with van der Waals surface area (Å²) in [6.45, 7) is 1.12. The van der Waals surface area contributed by atoms with Gasteiger partial charge in [-0.05, 0) is 28.0 Å². The molecular weight excluding hydrogens is 198 g/mol. The monoisotopic (exact) mass is 227 g/mol. The van der Waals surface area contributed by atoms with Crippen LogP contribution in [0.2, 0.25) is 0 Å². The van der Waals surface area contributed by atoms with Crippen molar-refractivity contribution in [3.63, 3.8) is 0 Å². The Hall–Kier alpha value is -1.18. The van der Waals surface area contributed by atoms with Crippen LogP contribution in [0.5, 0.6) is 5.75 Å². The van der Waals surface area contributed by atoms with Gasteiger partial charge in [-0.1, -0.05) is 41.4 Å². The molecule has 1 aromatic carbocycles. The molecule has 0 spiro atoms. The first-order valence-corrected chi connectivity index (χ1v) is 5.17. The lowest BCUT2D eigenvalue weighted by atomic mass is 9.79. The van der Waals surface area contributed by atoms with Crippen molar-refractivity contribution in [1.29, 1.82) is 0 Å². The molecule has 0 saturated carbocycles. The van der Waals surface area contributed by atoms with Crippen LogP contribution in [0.4, 0.5) is 5.69 Å². The van der Waals surface area contributed by atoms with E-state index in [1.165, 1.54) is 12.1 Å². The fourth-order valence-corrected chi connectivity index (χ4v) is 1.65. The van der Waals surface area contributed by atoms with Gasteiger partial charge in [-0.25, -0.2) is 0 Å². The highest BCUT2D eigenvalue weighted by Gasteiger charge is 2.24. The fourth-order valence-electron chi connectivity index (χ4n) is 1.65. The van der Waals surface area contributed by atoms with Crippen molar-refractivity contribution in [1.82, 2.24) is 0 Å². The summed E-state index contributed by atoms with van der Waals surface area (Å²) in [5.74, 6) is -0.416. The summed E-state index contributed by atoms with van der Waals surface area (Å²) in [6.07, 6.45) is 0. The van der Waals surface area contributed by atoms with E-state index >= 15 is 0 Å². The van der Waals surface area contributed by atoms with Crippen LogP contribution in [0, 0.1) is 0 Å². The maximum atomic E-state index is 10.2. The molecule has 0 atom stereocenters. The number of hydrogen-bond acceptors (Lipinski definition) is 2. The minimum Gasteiger partial charge on any atom is -0.508 e. The van der Waals surface area contributed by atoms with Gasteiger partial charge in [0.1, 0.15) is 5.75 Å². The highest BCUT2D eigenvalue weighted by molar-refractivity contribution is 5.58. The average Bonchev–Trinajstić information content (AvgIpc) is 2.22. The third kappa shape index (κ3) is 2.49. The smallest absolute Gasteiger partial charge is 0.121 e. The van der Waals surface area contributed by atoms with Gasteiger partial charge in [0.2, 0.25) is 0 Å². The van der Waals surface area contributed by atoms with Crippen molar-refractivity contribution >= 4 is 5.69 Å². The zero-order valence-corrected chi connectivity index (χ0v) is 10.2. The maximum Gasteiger partial charge on any atom is 0.121 e. The summed E-state index contributed by atoms with van der Waals surface area (Å²) < 4.78 is 46.1. The zero-order chi connectivity index (χ0) is 17.7. The SMILES string of the molecule is [2H]C([2H])([2H])C(C)(c1cc(C(C)(C)C)c(N)cc1O)C([2H])([2H])[2H]. The van der Waals surface area contributed by atoms with Crippen molar-refractivity contribution in [2.75, 3.05) is 5.73 Å². The Bertz CT molecular complexity index is 554. The highest BCUT2D eigenvalue weighted by atomic mass is 16.3. The first-order chi connectivity index (χ1) is 9.53. The Morgan fingerprint density at radius 1 is 1.06 bits per heavy atom. The highest BCUT2D eigenvalue weighted by Crippen LogP contribution is 2.38. The molecule has 1 aromatic rings. The summed E-state index contributed by atoms with van der Waals surface area (Å²) in [6, 6.07) is 2.63. The van der Waals surface area contributed by atoms with E-state index in [1.54, 1.807) is 0 Å². The molecule has 1 rings (SSSR count). The minimum absolute atomic E-state index is 0.133. The molecule has 0 aliphatic carbocycles. The average molecular weight is 227 g/mol. The number of phenols is 1. The van der Waals surface area contributed by atoms with Crippen molar-refractivity contribution in [3.8, 4) is 5.75 Å². The van der Waals surface area contributed by atoms with E-state index < -0.39 is 30.3 Å². The van der Waals surface area contributed by atoms with E-state index in [0.717, 1.165) is 6.92 Å². The van der Waals surface area contributed by atoms with Crippen molar-refractivity contribution in [2.24, 2.45) is 0 Å². The molecule has 0 radical (unpaired) electrons. The Kier molecular flexibility index (Phi) is 1.50. The van der Waals surface area contributed by atoms with E-state index in [9.17, 15) is 5.11 Å². The minimum atomic E-state index is -2.82. The molecule has 0 bridgehead atoms. The van der Waals surface area contributed by atoms with Crippen LogP contribution < -0.4 is 5.73 Å². The molecule has 0 amide bonds. The van der Waals surface area contributed by atoms with E-state index in [-0.39, 0.29) is 5.56 Å². The van der Waals surface area contributed by atoms with Gasteiger partial charge >= 0.3 is 0 Å². The van der Waals surface area contributed by atoms with E-state index in [4.69, 9.17) is 14.0 Å². The van der Waals surface area contributed by atoms with Crippen LogP contribution in [0.1, 0.15) is 60.8 Å². The van der Waals surface area contributed by atoms with Crippen molar-refractivity contribution < 1.29 is 13.3 Å². The number of benzene rings is 1. The van der Waals surface area contributed by atoms with Gasteiger partial charge in [0.15, 0.2) is 0 Å². The van der Waals surface area contributed by atoms with Crippen LogP contribution in [-0.2, 0) is 10.8 Å². The molecule has 0 fully saturated rings. The molecule has 2 nitrogen and oxygen atoms in total. The number of rotatable bonds is 0. The summed E-state index contributed by atoms with van der Waals surface area (Å²) in [5.41, 5.74) is 4.04. The number of aromatic hydroxyl groups is 1. The Morgan fingerprint density at radius 2 is 1.62 bits per heavy atom. The Balaban J connectivity index is 3.80. The summed E-state index contributed by atoms with van der Waals surface area (Å²) in [5, 5.41) is 10.2. The number of anilines is 1. The standard InChI is InChI=1S/C14H23NO/c1-13(2,3)9-7-10(14(4,5)6)12(16)8-11(9)15/h7-8,16H,15H2,1-6H3/i4D3,5D3. The van der Waals surface area contributed by atoms with Gasteiger partial charge in [-0.3, -0.25) is 0 Å². The molecule has 0 aliphatic heterocycles. The van der Waals surface area contributed by atoms with Crippen LogP contribution in [0.15, 0.2) is 12.1 Å². The first-order valence-electron chi connectivity index (χ1n) is 8.17. The van der Waals surface area contributed by atoms with Crippen molar-refractivity contribution in [2.45, 2.75) is 52.2 Å². The molecule has 16 heavy (non-hydrogen) atoms. The number of nitrogens with two attached hydrogens (primary N) is 1. The predicted octanol–water partition coefficient (Wildman–Crippen LogP) is 3.57. The largest absolute Gasteiger partial charge is 0.508 e. The molecule has 3 N–H and O–H groups in total.